The Bertz CT molecular complexity index is 814. The molecule has 1 aromatic carbocycles. The van der Waals surface area contributed by atoms with Crippen LogP contribution in [0.2, 0.25) is 0 Å². The fourth-order valence-electron chi connectivity index (χ4n) is 2.81. The van der Waals surface area contributed by atoms with Gasteiger partial charge in [-0.1, -0.05) is 44.2 Å². The summed E-state index contributed by atoms with van der Waals surface area (Å²) in [6.45, 7) is 2.76. The van der Waals surface area contributed by atoms with Crippen LogP contribution < -0.4 is 21.7 Å². The van der Waals surface area contributed by atoms with Gasteiger partial charge in [-0.15, -0.1) is 0 Å². The summed E-state index contributed by atoms with van der Waals surface area (Å²) < 4.78 is 0. The van der Waals surface area contributed by atoms with Gasteiger partial charge in [0.1, 0.15) is 18.6 Å². The van der Waals surface area contributed by atoms with E-state index in [9.17, 15) is 24.0 Å². The number of nitrogens with one attached hydrogen (secondary N) is 3. The molecule has 0 heterocycles. The van der Waals surface area contributed by atoms with Gasteiger partial charge in [-0.05, 0) is 17.9 Å². The van der Waals surface area contributed by atoms with Crippen molar-refractivity contribution in [2.24, 2.45) is 11.7 Å². The van der Waals surface area contributed by atoms with Crippen LogP contribution in [0.5, 0.6) is 0 Å². The van der Waals surface area contributed by atoms with Crippen LogP contribution in [-0.2, 0) is 30.4 Å². The summed E-state index contributed by atoms with van der Waals surface area (Å²) in [5.41, 5.74) is 6.45. The van der Waals surface area contributed by atoms with Crippen LogP contribution in [0.15, 0.2) is 30.3 Å². The second kappa shape index (κ2) is 13.1. The van der Waals surface area contributed by atoms with Gasteiger partial charge in [0.05, 0.1) is 6.04 Å². The van der Waals surface area contributed by atoms with Gasteiger partial charge in [-0.2, -0.15) is 0 Å². The summed E-state index contributed by atoms with van der Waals surface area (Å²) in [7, 11) is 0. The van der Waals surface area contributed by atoms with Crippen molar-refractivity contribution in [2.45, 2.75) is 51.2 Å². The molecule has 0 spiro atoms. The molecule has 1 aromatic rings. The fourth-order valence-corrected chi connectivity index (χ4v) is 2.81. The molecule has 3 amide bonds. The Morgan fingerprint density at radius 2 is 1.53 bits per heavy atom. The van der Waals surface area contributed by atoms with Gasteiger partial charge in [-0.25, -0.2) is 0 Å². The highest BCUT2D eigenvalue weighted by molar-refractivity contribution is 5.94. The quantitative estimate of drug-likeness (QED) is 0.226. The number of hydrogen-bond donors (Lipinski definition) is 6. The van der Waals surface area contributed by atoms with Crippen molar-refractivity contribution in [3.05, 3.63) is 35.9 Å². The summed E-state index contributed by atoms with van der Waals surface area (Å²) in [6.07, 6.45) is -0.285. The molecule has 32 heavy (non-hydrogen) atoms. The van der Waals surface area contributed by atoms with E-state index in [0.29, 0.717) is 0 Å². The van der Waals surface area contributed by atoms with Crippen molar-refractivity contribution in [3.63, 3.8) is 0 Å². The zero-order valence-electron chi connectivity index (χ0n) is 18.0. The van der Waals surface area contributed by atoms with E-state index in [1.54, 1.807) is 44.2 Å². The minimum Gasteiger partial charge on any atom is -0.481 e. The Labute approximate surface area is 185 Å². The van der Waals surface area contributed by atoms with E-state index in [0.717, 1.165) is 5.56 Å². The van der Waals surface area contributed by atoms with Crippen molar-refractivity contribution in [1.29, 1.82) is 0 Å². The van der Waals surface area contributed by atoms with E-state index >= 15 is 0 Å². The molecule has 0 aliphatic rings. The van der Waals surface area contributed by atoms with Gasteiger partial charge >= 0.3 is 11.9 Å². The van der Waals surface area contributed by atoms with Crippen molar-refractivity contribution >= 4 is 29.7 Å². The minimum absolute atomic E-state index is 0.0954. The lowest BCUT2D eigenvalue weighted by atomic mass is 10.00. The predicted octanol–water partition coefficient (Wildman–Crippen LogP) is -0.752. The fraction of sp³-hybridized carbons (Fsp3) is 0.476. The number of benzene rings is 1. The molecule has 11 nitrogen and oxygen atoms in total. The van der Waals surface area contributed by atoms with E-state index in [-0.39, 0.29) is 25.2 Å². The van der Waals surface area contributed by atoms with Crippen LogP contribution in [0.25, 0.3) is 0 Å². The number of amides is 3. The number of rotatable bonds is 13. The van der Waals surface area contributed by atoms with E-state index in [2.05, 4.69) is 16.0 Å². The molecule has 11 heteroatoms. The number of carboxylic acids is 2. The number of hydrogen-bond acceptors (Lipinski definition) is 6. The molecule has 0 aromatic heterocycles. The third-order valence-corrected chi connectivity index (χ3v) is 4.58. The number of aliphatic carboxylic acids is 2. The van der Waals surface area contributed by atoms with E-state index in [4.69, 9.17) is 15.9 Å². The first-order valence-electron chi connectivity index (χ1n) is 10.1. The summed E-state index contributed by atoms with van der Waals surface area (Å²) in [6, 6.07) is 5.60. The molecule has 0 saturated carbocycles. The van der Waals surface area contributed by atoms with Gasteiger partial charge in [0.25, 0.3) is 0 Å². The molecule has 176 valence electrons. The first-order chi connectivity index (χ1) is 15.0. The number of nitrogens with two attached hydrogens (primary N) is 1. The zero-order chi connectivity index (χ0) is 24.3. The van der Waals surface area contributed by atoms with Crippen LogP contribution in [-0.4, -0.2) is 64.5 Å². The van der Waals surface area contributed by atoms with Crippen LogP contribution in [0.4, 0.5) is 0 Å². The summed E-state index contributed by atoms with van der Waals surface area (Å²) in [5.74, 6) is -4.71. The average molecular weight is 450 g/mol. The first kappa shape index (κ1) is 26.6. The minimum atomic E-state index is -1.23. The van der Waals surface area contributed by atoms with E-state index in [1.165, 1.54) is 0 Å². The zero-order valence-corrected chi connectivity index (χ0v) is 18.0. The van der Waals surface area contributed by atoms with Crippen molar-refractivity contribution < 1.29 is 34.2 Å². The highest BCUT2D eigenvalue weighted by Gasteiger charge is 2.30. The molecule has 0 radical (unpaired) electrons. The second-order valence-electron chi connectivity index (χ2n) is 7.63. The molecular weight excluding hydrogens is 420 g/mol. The van der Waals surface area contributed by atoms with Crippen LogP contribution in [0, 0.1) is 5.92 Å². The Morgan fingerprint density at radius 3 is 2.06 bits per heavy atom. The van der Waals surface area contributed by atoms with E-state index < -0.39 is 54.3 Å². The summed E-state index contributed by atoms with van der Waals surface area (Å²) in [5, 5.41) is 24.9. The maximum Gasteiger partial charge on any atom is 0.322 e. The summed E-state index contributed by atoms with van der Waals surface area (Å²) >= 11 is 0. The molecule has 1 rings (SSSR count). The molecule has 0 unspecified atom stereocenters. The third kappa shape index (κ3) is 9.56. The SMILES string of the molecule is CC(C)[C@H](NC(=O)[C@@H](N)CCC(=O)O)C(=O)N[C@@H](Cc1ccccc1)C(=O)NCC(=O)O. The topological polar surface area (TPSA) is 188 Å². The normalized spacial score (nSPS) is 13.5. The van der Waals surface area contributed by atoms with Crippen LogP contribution >= 0.6 is 0 Å². The van der Waals surface area contributed by atoms with Gasteiger partial charge in [0.2, 0.25) is 17.7 Å². The summed E-state index contributed by atoms with van der Waals surface area (Å²) in [4.78, 5) is 59.2. The Hall–Kier alpha value is -3.47. The molecule has 0 bridgehead atoms. The Kier molecular flexibility index (Phi) is 10.8. The van der Waals surface area contributed by atoms with Gasteiger partial charge in [-0.3, -0.25) is 24.0 Å². The first-order valence-corrected chi connectivity index (χ1v) is 10.1. The van der Waals surface area contributed by atoms with Gasteiger partial charge < -0.3 is 31.9 Å². The maximum atomic E-state index is 12.9. The average Bonchev–Trinajstić information content (AvgIpc) is 2.73. The number of carboxylic acid groups (broad SMARTS) is 2. The predicted molar refractivity (Wildman–Crippen MR) is 114 cm³/mol. The number of carbonyl (C=O) groups excluding carboxylic acids is 3. The van der Waals surface area contributed by atoms with Crippen LogP contribution in [0.3, 0.4) is 0 Å². The second-order valence-corrected chi connectivity index (χ2v) is 7.63. The lowest BCUT2D eigenvalue weighted by molar-refractivity contribution is -0.139. The molecule has 0 aliphatic carbocycles. The van der Waals surface area contributed by atoms with E-state index in [1.807, 2.05) is 0 Å². The third-order valence-electron chi connectivity index (χ3n) is 4.58. The molecule has 3 atom stereocenters. The van der Waals surface area contributed by atoms with Crippen molar-refractivity contribution in [2.75, 3.05) is 6.54 Å². The molecule has 0 aliphatic heterocycles. The molecule has 7 N–H and O–H groups in total. The maximum absolute atomic E-state index is 12.9. The number of carbonyl (C=O) groups is 5. The largest absolute Gasteiger partial charge is 0.481 e. The molecule has 0 fully saturated rings. The highest BCUT2D eigenvalue weighted by atomic mass is 16.4. The Balaban J connectivity index is 2.92. The lowest BCUT2D eigenvalue weighted by Crippen LogP contribution is -2.58. The van der Waals surface area contributed by atoms with Crippen LogP contribution in [0.1, 0.15) is 32.3 Å². The lowest BCUT2D eigenvalue weighted by Gasteiger charge is -2.26. The molecule has 0 saturated heterocycles. The van der Waals surface area contributed by atoms with Gasteiger partial charge in [0.15, 0.2) is 0 Å². The Morgan fingerprint density at radius 1 is 0.906 bits per heavy atom. The van der Waals surface area contributed by atoms with Gasteiger partial charge in [0, 0.05) is 12.8 Å². The molecular formula is C21H30N4O7. The standard InChI is InChI=1S/C21H30N4O7/c1-12(2)18(25-19(30)14(22)8-9-16(26)27)21(32)24-15(20(31)23-11-17(28)29)10-13-6-4-3-5-7-13/h3-7,12,14-15,18H,8-11,22H2,1-2H3,(H,23,31)(H,24,32)(H,25,30)(H,26,27)(H,28,29)/t14-,15-,18-/m0/s1. The smallest absolute Gasteiger partial charge is 0.322 e. The van der Waals surface area contributed by atoms with Crippen molar-refractivity contribution in [3.8, 4) is 0 Å². The highest BCUT2D eigenvalue weighted by Crippen LogP contribution is 2.07. The monoisotopic (exact) mass is 450 g/mol. The van der Waals surface area contributed by atoms with Crippen molar-refractivity contribution in [1.82, 2.24) is 16.0 Å².